The quantitative estimate of drug-likeness (QED) is 0.435. The van der Waals surface area contributed by atoms with Gasteiger partial charge in [0.25, 0.3) is 5.91 Å². The van der Waals surface area contributed by atoms with Crippen LogP contribution < -0.4 is 10.6 Å². The summed E-state index contributed by atoms with van der Waals surface area (Å²) in [5.74, 6) is 0.503. The number of halogens is 1. The molecule has 0 radical (unpaired) electrons. The highest BCUT2D eigenvalue weighted by atomic mass is 35.5. The molecule has 3 aromatic carbocycles. The molecule has 6 nitrogen and oxygen atoms in total. The number of hydrogen-bond donors (Lipinski definition) is 2. The highest BCUT2D eigenvalue weighted by Crippen LogP contribution is 2.20. The third-order valence-electron chi connectivity index (χ3n) is 4.92. The van der Waals surface area contributed by atoms with Crippen molar-refractivity contribution in [1.82, 2.24) is 9.55 Å². The Kier molecular flexibility index (Phi) is 6.00. The fourth-order valence-electron chi connectivity index (χ4n) is 3.37. The highest BCUT2D eigenvalue weighted by molar-refractivity contribution is 6.30. The van der Waals surface area contributed by atoms with E-state index in [0.717, 1.165) is 17.0 Å². The summed E-state index contributed by atoms with van der Waals surface area (Å²) in [6, 6.07) is 21.7. The van der Waals surface area contributed by atoms with Gasteiger partial charge in [-0.25, -0.2) is 4.98 Å². The minimum absolute atomic E-state index is 0.0635. The highest BCUT2D eigenvalue weighted by Gasteiger charge is 2.13. The van der Waals surface area contributed by atoms with Gasteiger partial charge >= 0.3 is 0 Å². The third-order valence-corrected chi connectivity index (χ3v) is 5.18. The third kappa shape index (κ3) is 4.92. The van der Waals surface area contributed by atoms with Gasteiger partial charge in [-0.2, -0.15) is 0 Å². The number of rotatable bonds is 6. The average molecular weight is 433 g/mol. The number of carbonyl (C=O) groups is 2. The fraction of sp³-hybridized carbons (Fsp3) is 0.125. The minimum atomic E-state index is -0.223. The summed E-state index contributed by atoms with van der Waals surface area (Å²) in [4.78, 5) is 29.4. The van der Waals surface area contributed by atoms with Crippen LogP contribution in [0.3, 0.4) is 0 Å². The van der Waals surface area contributed by atoms with Crippen LogP contribution in [-0.4, -0.2) is 21.4 Å². The van der Waals surface area contributed by atoms with Gasteiger partial charge in [-0.1, -0.05) is 29.8 Å². The van der Waals surface area contributed by atoms with Gasteiger partial charge in [0.05, 0.1) is 11.0 Å². The maximum Gasteiger partial charge on any atom is 0.255 e. The first-order valence-electron chi connectivity index (χ1n) is 9.88. The van der Waals surface area contributed by atoms with E-state index < -0.39 is 0 Å². The second-order valence-corrected chi connectivity index (χ2v) is 7.58. The zero-order valence-electron chi connectivity index (χ0n) is 16.9. The number of imidazole rings is 1. The van der Waals surface area contributed by atoms with E-state index in [-0.39, 0.29) is 11.8 Å². The zero-order valence-corrected chi connectivity index (χ0v) is 17.7. The van der Waals surface area contributed by atoms with Crippen LogP contribution in [0.5, 0.6) is 0 Å². The predicted octanol–water partition coefficient (Wildman–Crippen LogP) is 5.28. The zero-order chi connectivity index (χ0) is 21.8. The molecule has 0 bridgehead atoms. The summed E-state index contributed by atoms with van der Waals surface area (Å²) in [5, 5.41) is 6.35. The van der Waals surface area contributed by atoms with Gasteiger partial charge in [-0.05, 0) is 61.5 Å². The van der Waals surface area contributed by atoms with E-state index in [4.69, 9.17) is 11.6 Å². The number of aromatic nitrogens is 2. The monoisotopic (exact) mass is 432 g/mol. The lowest BCUT2D eigenvalue weighted by atomic mass is 10.1. The fourth-order valence-corrected chi connectivity index (χ4v) is 3.49. The molecule has 0 aliphatic heterocycles. The van der Waals surface area contributed by atoms with Crippen LogP contribution in [0.1, 0.15) is 22.6 Å². The van der Waals surface area contributed by atoms with Crippen LogP contribution >= 0.6 is 11.6 Å². The van der Waals surface area contributed by atoms with E-state index >= 15 is 0 Å². The van der Waals surface area contributed by atoms with Crippen LogP contribution in [0.2, 0.25) is 5.02 Å². The summed E-state index contributed by atoms with van der Waals surface area (Å²) < 4.78 is 1.99. The molecule has 0 fully saturated rings. The van der Waals surface area contributed by atoms with Gasteiger partial charge in [0.2, 0.25) is 5.91 Å². The maximum atomic E-state index is 12.6. The number of nitrogens with zero attached hydrogens (tertiary/aromatic N) is 2. The van der Waals surface area contributed by atoms with Crippen molar-refractivity contribution in [2.75, 3.05) is 10.6 Å². The van der Waals surface area contributed by atoms with Crippen molar-refractivity contribution in [2.45, 2.75) is 19.9 Å². The number of amides is 2. The normalized spacial score (nSPS) is 10.8. The number of benzene rings is 3. The second-order valence-electron chi connectivity index (χ2n) is 7.14. The Morgan fingerprint density at radius 1 is 0.935 bits per heavy atom. The molecule has 4 aromatic rings. The van der Waals surface area contributed by atoms with Crippen molar-refractivity contribution in [3.63, 3.8) is 0 Å². The predicted molar refractivity (Wildman–Crippen MR) is 124 cm³/mol. The van der Waals surface area contributed by atoms with Crippen LogP contribution in [0.15, 0.2) is 72.8 Å². The lowest BCUT2D eigenvalue weighted by molar-refractivity contribution is -0.116. The first kappa shape index (κ1) is 20.6. The Labute approximate surface area is 184 Å². The van der Waals surface area contributed by atoms with E-state index in [1.807, 2.05) is 47.9 Å². The minimum Gasteiger partial charge on any atom is -0.328 e. The molecule has 2 amide bonds. The van der Waals surface area contributed by atoms with Crippen LogP contribution in [0, 0.1) is 6.92 Å². The molecule has 0 unspecified atom stereocenters. The van der Waals surface area contributed by atoms with E-state index in [1.54, 1.807) is 36.4 Å². The largest absolute Gasteiger partial charge is 0.328 e. The maximum absolute atomic E-state index is 12.6. The molecule has 156 valence electrons. The van der Waals surface area contributed by atoms with Crippen LogP contribution in [0.4, 0.5) is 11.4 Å². The van der Waals surface area contributed by atoms with E-state index in [9.17, 15) is 9.59 Å². The van der Waals surface area contributed by atoms with Crippen LogP contribution in [-0.2, 0) is 11.3 Å². The number of hydrogen-bond acceptors (Lipinski definition) is 3. The first-order chi connectivity index (χ1) is 15.0. The van der Waals surface area contributed by atoms with Crippen molar-refractivity contribution < 1.29 is 9.59 Å². The molecule has 0 saturated carbocycles. The van der Waals surface area contributed by atoms with Gasteiger partial charge in [0.15, 0.2) is 0 Å². The molecule has 7 heteroatoms. The van der Waals surface area contributed by atoms with E-state index in [1.165, 1.54) is 0 Å². The smallest absolute Gasteiger partial charge is 0.255 e. The van der Waals surface area contributed by atoms with Gasteiger partial charge in [0.1, 0.15) is 5.82 Å². The number of aryl methyl sites for hydroxylation is 2. The standard InChI is InChI=1S/C24H21ClN4O2/c1-16-26-21-15-17(24(31)28-20-10-8-18(25)9-11-20)7-12-22(21)29(16)14-13-23(30)27-19-5-3-2-4-6-19/h2-12,15H,13-14H2,1H3,(H,27,30)(H,28,31). The molecule has 4 rings (SSSR count). The molecule has 0 atom stereocenters. The Hall–Kier alpha value is -3.64. The second kappa shape index (κ2) is 9.02. The van der Waals surface area contributed by atoms with Crippen LogP contribution in [0.25, 0.3) is 11.0 Å². The van der Waals surface area contributed by atoms with Crippen molar-refractivity contribution in [3.05, 3.63) is 89.2 Å². The van der Waals surface area contributed by atoms with Crippen molar-refractivity contribution in [2.24, 2.45) is 0 Å². The lowest BCUT2D eigenvalue weighted by Gasteiger charge is -2.09. The molecule has 31 heavy (non-hydrogen) atoms. The molecule has 0 spiro atoms. The number of carbonyl (C=O) groups excluding carboxylic acids is 2. The molecule has 0 aliphatic rings. The molecular weight excluding hydrogens is 412 g/mol. The molecule has 0 saturated heterocycles. The summed E-state index contributed by atoms with van der Waals surface area (Å²) in [7, 11) is 0. The first-order valence-corrected chi connectivity index (χ1v) is 10.3. The Balaban J connectivity index is 1.46. The van der Waals surface area contributed by atoms with Gasteiger partial charge in [0, 0.05) is 34.9 Å². The van der Waals surface area contributed by atoms with Crippen molar-refractivity contribution in [1.29, 1.82) is 0 Å². The molecular formula is C24H21ClN4O2. The van der Waals surface area contributed by atoms with E-state index in [2.05, 4.69) is 15.6 Å². The lowest BCUT2D eigenvalue weighted by Crippen LogP contribution is -2.15. The molecule has 0 aliphatic carbocycles. The molecule has 1 aromatic heterocycles. The Bertz CT molecular complexity index is 1230. The van der Waals surface area contributed by atoms with Crippen molar-refractivity contribution >= 4 is 45.8 Å². The van der Waals surface area contributed by atoms with Gasteiger partial charge in [-0.15, -0.1) is 0 Å². The molecule has 2 N–H and O–H groups in total. The molecule has 1 heterocycles. The Morgan fingerprint density at radius 2 is 1.65 bits per heavy atom. The number of para-hydroxylation sites is 1. The summed E-state index contributed by atoms with van der Waals surface area (Å²) in [6.45, 7) is 2.39. The Morgan fingerprint density at radius 3 is 2.39 bits per heavy atom. The number of nitrogens with one attached hydrogen (secondary N) is 2. The van der Waals surface area contributed by atoms with E-state index in [0.29, 0.717) is 34.8 Å². The topological polar surface area (TPSA) is 76.0 Å². The van der Waals surface area contributed by atoms with Gasteiger partial charge in [-0.3, -0.25) is 9.59 Å². The van der Waals surface area contributed by atoms with Gasteiger partial charge < -0.3 is 15.2 Å². The summed E-state index contributed by atoms with van der Waals surface area (Å²) >= 11 is 5.89. The summed E-state index contributed by atoms with van der Waals surface area (Å²) in [5.41, 5.74) is 3.54. The average Bonchev–Trinajstić information content (AvgIpc) is 3.08. The number of fused-ring (bicyclic) bond motifs is 1. The van der Waals surface area contributed by atoms with Crippen molar-refractivity contribution in [3.8, 4) is 0 Å². The number of anilines is 2. The SMILES string of the molecule is Cc1nc2cc(C(=O)Nc3ccc(Cl)cc3)ccc2n1CCC(=O)Nc1ccccc1. The summed E-state index contributed by atoms with van der Waals surface area (Å²) in [6.07, 6.45) is 0.319.